The van der Waals surface area contributed by atoms with Crippen molar-refractivity contribution in [2.45, 2.75) is 13.8 Å². The summed E-state index contributed by atoms with van der Waals surface area (Å²) in [5, 5.41) is 8.78. The van der Waals surface area contributed by atoms with Gasteiger partial charge in [-0.1, -0.05) is 0 Å². The highest BCUT2D eigenvalue weighted by molar-refractivity contribution is 8.10. The molecule has 0 aliphatic heterocycles. The third-order valence-electron chi connectivity index (χ3n) is 2.56. The number of nitrogens with zero attached hydrogens (tertiary/aromatic N) is 1. The highest BCUT2D eigenvalue weighted by Gasteiger charge is 2.31. The van der Waals surface area contributed by atoms with E-state index in [2.05, 4.69) is 0 Å². The fraction of sp³-hybridized carbons (Fsp3) is 0.364. The summed E-state index contributed by atoms with van der Waals surface area (Å²) in [5.74, 6) is -1.94. The zero-order valence-corrected chi connectivity index (χ0v) is 12.6. The Balaban J connectivity index is 3.44. The third-order valence-corrected chi connectivity index (χ3v) is 6.81. The quantitative estimate of drug-likeness (QED) is 0.833. The Hall–Kier alpha value is -1.61. The molecule has 0 aromatic heterocycles. The molecule has 0 saturated heterocycles. The zero-order chi connectivity index (χ0) is 15.6. The van der Waals surface area contributed by atoms with Crippen LogP contribution in [-0.4, -0.2) is 39.4 Å². The second kappa shape index (κ2) is 5.80. The number of anilines is 1. The average molecular weight is 321 g/mol. The van der Waals surface area contributed by atoms with Gasteiger partial charge in [0.15, 0.2) is 0 Å². The summed E-state index contributed by atoms with van der Waals surface area (Å²) in [6, 6.07) is 4.62. The van der Waals surface area contributed by atoms with Gasteiger partial charge in [-0.05, 0) is 38.1 Å². The summed E-state index contributed by atoms with van der Waals surface area (Å²) >= 11 is 0. The molecule has 0 radical (unpaired) electrons. The van der Waals surface area contributed by atoms with Crippen molar-refractivity contribution in [2.75, 3.05) is 15.2 Å². The second-order valence-electron chi connectivity index (χ2n) is 3.85. The minimum absolute atomic E-state index is 0.0588. The van der Waals surface area contributed by atoms with E-state index in [0.29, 0.717) is 3.71 Å². The van der Waals surface area contributed by atoms with Gasteiger partial charge in [0.1, 0.15) is 0 Å². The monoisotopic (exact) mass is 321 g/mol. The normalized spacial score (nSPS) is 12.1. The highest BCUT2D eigenvalue weighted by Crippen LogP contribution is 2.23. The van der Waals surface area contributed by atoms with Gasteiger partial charge in [-0.15, -0.1) is 0 Å². The molecule has 0 aliphatic rings. The summed E-state index contributed by atoms with van der Waals surface area (Å²) in [6.45, 7) is 2.66. The minimum Gasteiger partial charge on any atom is -0.478 e. The van der Waals surface area contributed by atoms with E-state index in [1.165, 1.54) is 13.8 Å². The van der Waals surface area contributed by atoms with Gasteiger partial charge in [0.25, 0.3) is 0 Å². The number of hydrogen-bond donors (Lipinski definition) is 1. The molecule has 112 valence electrons. The molecular formula is C11H15NO6S2. The van der Waals surface area contributed by atoms with Crippen molar-refractivity contribution in [1.82, 2.24) is 0 Å². The molecule has 0 spiro atoms. The van der Waals surface area contributed by atoms with E-state index in [1.807, 2.05) is 0 Å². The molecule has 1 rings (SSSR count). The smallest absolute Gasteiger partial charge is 0.335 e. The maximum atomic E-state index is 12.0. The Kier molecular flexibility index (Phi) is 4.77. The van der Waals surface area contributed by atoms with Gasteiger partial charge in [0, 0.05) is 0 Å². The molecule has 0 atom stereocenters. The number of hydrogen-bond acceptors (Lipinski definition) is 5. The average Bonchev–Trinajstić information content (AvgIpc) is 2.39. The largest absolute Gasteiger partial charge is 0.478 e. The second-order valence-corrected chi connectivity index (χ2v) is 8.29. The van der Waals surface area contributed by atoms with Crippen molar-refractivity contribution in [3.8, 4) is 0 Å². The van der Waals surface area contributed by atoms with E-state index in [9.17, 15) is 21.6 Å². The van der Waals surface area contributed by atoms with Gasteiger partial charge in [0.05, 0.1) is 22.8 Å². The summed E-state index contributed by atoms with van der Waals surface area (Å²) in [6.07, 6.45) is 0. The fourth-order valence-corrected chi connectivity index (χ4v) is 4.83. The summed E-state index contributed by atoms with van der Waals surface area (Å²) < 4.78 is 48.2. The number of carboxylic acid groups (broad SMARTS) is 1. The van der Waals surface area contributed by atoms with Crippen LogP contribution in [0.5, 0.6) is 0 Å². The van der Waals surface area contributed by atoms with Crippen LogP contribution in [0.15, 0.2) is 24.3 Å². The first-order valence-electron chi connectivity index (χ1n) is 5.75. The van der Waals surface area contributed by atoms with Gasteiger partial charge in [0.2, 0.25) is 20.0 Å². The number of benzene rings is 1. The van der Waals surface area contributed by atoms with E-state index >= 15 is 0 Å². The Morgan fingerprint density at radius 3 is 1.70 bits per heavy atom. The first kappa shape index (κ1) is 16.4. The van der Waals surface area contributed by atoms with Gasteiger partial charge < -0.3 is 5.11 Å². The predicted octanol–water partition coefficient (Wildman–Crippen LogP) is 0.891. The molecule has 0 unspecified atom stereocenters. The van der Waals surface area contributed by atoms with E-state index < -0.39 is 26.0 Å². The Morgan fingerprint density at radius 1 is 1.00 bits per heavy atom. The molecule has 1 N–H and O–H groups in total. The minimum atomic E-state index is -4.02. The van der Waals surface area contributed by atoms with Crippen molar-refractivity contribution in [3.05, 3.63) is 29.8 Å². The number of carbonyl (C=O) groups is 1. The first-order chi connectivity index (χ1) is 9.15. The van der Waals surface area contributed by atoms with Gasteiger partial charge in [-0.3, -0.25) is 0 Å². The molecule has 1 aromatic carbocycles. The molecule has 0 amide bonds. The van der Waals surface area contributed by atoms with Gasteiger partial charge in [-0.25, -0.2) is 21.6 Å². The molecule has 20 heavy (non-hydrogen) atoms. The Morgan fingerprint density at radius 2 is 1.40 bits per heavy atom. The molecule has 0 heterocycles. The molecule has 7 nitrogen and oxygen atoms in total. The number of aromatic carboxylic acids is 1. The Labute approximate surface area is 117 Å². The van der Waals surface area contributed by atoms with Crippen LogP contribution in [0.2, 0.25) is 0 Å². The van der Waals surface area contributed by atoms with Crippen LogP contribution in [-0.2, 0) is 20.0 Å². The summed E-state index contributed by atoms with van der Waals surface area (Å²) in [7, 11) is -8.04. The van der Waals surface area contributed by atoms with E-state index in [4.69, 9.17) is 5.11 Å². The van der Waals surface area contributed by atoms with Crippen molar-refractivity contribution >= 4 is 31.7 Å². The molecule has 0 fully saturated rings. The van der Waals surface area contributed by atoms with Crippen molar-refractivity contribution < 1.29 is 26.7 Å². The molecule has 0 aliphatic carbocycles. The maximum absolute atomic E-state index is 12.0. The zero-order valence-electron chi connectivity index (χ0n) is 11.0. The molecule has 1 aromatic rings. The van der Waals surface area contributed by atoms with Crippen LogP contribution in [0.3, 0.4) is 0 Å². The van der Waals surface area contributed by atoms with E-state index in [-0.39, 0.29) is 22.8 Å². The van der Waals surface area contributed by atoms with Gasteiger partial charge in [-0.2, -0.15) is 3.71 Å². The summed E-state index contributed by atoms with van der Waals surface area (Å²) in [4.78, 5) is 10.7. The van der Waals surface area contributed by atoms with Crippen LogP contribution in [0, 0.1) is 0 Å². The molecule has 0 saturated carbocycles. The van der Waals surface area contributed by atoms with Crippen molar-refractivity contribution in [3.63, 3.8) is 0 Å². The standard InChI is InChI=1S/C11H15NO6S2/c1-3-19(15,16)12(20(17,18)4-2)10-7-5-9(6-8-10)11(13)14/h5-8H,3-4H2,1-2H3,(H,13,14). The maximum Gasteiger partial charge on any atom is 0.335 e. The lowest BCUT2D eigenvalue weighted by Crippen LogP contribution is -2.39. The lowest BCUT2D eigenvalue weighted by atomic mass is 10.2. The molecular weight excluding hydrogens is 306 g/mol. The van der Waals surface area contributed by atoms with Crippen LogP contribution >= 0.6 is 0 Å². The first-order valence-corrected chi connectivity index (χ1v) is 8.96. The number of rotatable bonds is 6. The van der Waals surface area contributed by atoms with E-state index in [0.717, 1.165) is 24.3 Å². The van der Waals surface area contributed by atoms with Crippen LogP contribution in [0.1, 0.15) is 24.2 Å². The SMILES string of the molecule is CCS(=O)(=O)N(c1ccc(C(=O)O)cc1)S(=O)(=O)CC. The summed E-state index contributed by atoms with van der Waals surface area (Å²) in [5.41, 5.74) is -0.157. The fourth-order valence-electron chi connectivity index (χ4n) is 1.45. The van der Waals surface area contributed by atoms with Crippen LogP contribution in [0.4, 0.5) is 5.69 Å². The number of sulfonamides is 2. The van der Waals surface area contributed by atoms with Crippen molar-refractivity contribution in [1.29, 1.82) is 0 Å². The molecule has 0 bridgehead atoms. The highest BCUT2D eigenvalue weighted by atomic mass is 32.3. The van der Waals surface area contributed by atoms with Crippen LogP contribution < -0.4 is 3.71 Å². The molecule has 9 heteroatoms. The lowest BCUT2D eigenvalue weighted by molar-refractivity contribution is 0.0697. The van der Waals surface area contributed by atoms with Crippen LogP contribution in [0.25, 0.3) is 0 Å². The van der Waals surface area contributed by atoms with E-state index in [1.54, 1.807) is 0 Å². The van der Waals surface area contributed by atoms with Crippen molar-refractivity contribution in [2.24, 2.45) is 0 Å². The predicted molar refractivity (Wildman–Crippen MR) is 74.8 cm³/mol. The third kappa shape index (κ3) is 3.28. The van der Waals surface area contributed by atoms with Gasteiger partial charge >= 0.3 is 5.97 Å². The Bertz CT molecular complexity index is 657. The topological polar surface area (TPSA) is 109 Å². The lowest BCUT2D eigenvalue weighted by Gasteiger charge is -2.22. The number of carboxylic acids is 1.